The second kappa shape index (κ2) is 5.09. The second-order valence-electron chi connectivity index (χ2n) is 2.79. The fourth-order valence-electron chi connectivity index (χ4n) is 1.13. The summed E-state index contributed by atoms with van der Waals surface area (Å²) < 4.78 is 26.1. The van der Waals surface area contributed by atoms with Gasteiger partial charge in [-0.1, -0.05) is 18.1 Å². The van der Waals surface area contributed by atoms with E-state index in [1.807, 2.05) is 6.07 Å². The van der Waals surface area contributed by atoms with Gasteiger partial charge in [0.25, 0.3) is 0 Å². The van der Waals surface area contributed by atoms with Crippen LogP contribution in [0.1, 0.15) is 11.6 Å². The monoisotopic (exact) mass is 206 g/mol. The van der Waals surface area contributed by atoms with E-state index in [9.17, 15) is 8.78 Å². The van der Waals surface area contributed by atoms with Crippen LogP contribution in [0.4, 0.5) is 8.78 Å². The summed E-state index contributed by atoms with van der Waals surface area (Å²) in [6, 6.07) is 4.55. The van der Waals surface area contributed by atoms with Gasteiger partial charge >= 0.3 is 0 Å². The number of benzene rings is 1. The lowest BCUT2D eigenvalue weighted by Crippen LogP contribution is -2.21. The standard InChI is InChI=1S/C11H8F2N2/c1-2-6-15-10(7-14)8-4-3-5-9(12)11(8)13/h1,3-5,10,15H,6H2. The van der Waals surface area contributed by atoms with Crippen molar-refractivity contribution in [2.75, 3.05) is 6.54 Å². The first-order valence-electron chi connectivity index (χ1n) is 4.21. The number of nitriles is 1. The van der Waals surface area contributed by atoms with Crippen LogP contribution in [0.2, 0.25) is 0 Å². The average Bonchev–Trinajstić information content (AvgIpc) is 2.25. The highest BCUT2D eigenvalue weighted by atomic mass is 19.2. The third kappa shape index (κ3) is 2.52. The molecule has 76 valence electrons. The predicted molar refractivity (Wildman–Crippen MR) is 51.5 cm³/mol. The van der Waals surface area contributed by atoms with E-state index in [1.165, 1.54) is 12.1 Å². The van der Waals surface area contributed by atoms with Crippen molar-refractivity contribution in [3.05, 3.63) is 35.4 Å². The summed E-state index contributed by atoms with van der Waals surface area (Å²) in [7, 11) is 0. The Labute approximate surface area is 86.5 Å². The third-order valence-corrected chi connectivity index (χ3v) is 1.83. The Bertz CT molecular complexity index is 429. The van der Waals surface area contributed by atoms with Gasteiger partial charge in [0.2, 0.25) is 0 Å². The van der Waals surface area contributed by atoms with Gasteiger partial charge in [-0.05, 0) is 6.07 Å². The topological polar surface area (TPSA) is 35.8 Å². The summed E-state index contributed by atoms with van der Waals surface area (Å²) >= 11 is 0. The van der Waals surface area contributed by atoms with Gasteiger partial charge < -0.3 is 0 Å². The largest absolute Gasteiger partial charge is 0.287 e. The quantitative estimate of drug-likeness (QED) is 0.765. The molecule has 1 unspecified atom stereocenters. The van der Waals surface area contributed by atoms with E-state index in [2.05, 4.69) is 11.2 Å². The number of hydrogen-bond donors (Lipinski definition) is 1. The van der Waals surface area contributed by atoms with Gasteiger partial charge in [-0.25, -0.2) is 8.78 Å². The minimum absolute atomic E-state index is 0.0345. The van der Waals surface area contributed by atoms with Crippen LogP contribution in [0.15, 0.2) is 18.2 Å². The SMILES string of the molecule is C#CCNC(C#N)c1cccc(F)c1F. The Morgan fingerprint density at radius 3 is 2.80 bits per heavy atom. The molecule has 1 aromatic rings. The van der Waals surface area contributed by atoms with E-state index < -0.39 is 17.7 Å². The minimum Gasteiger partial charge on any atom is -0.287 e. The molecule has 0 fully saturated rings. The van der Waals surface area contributed by atoms with E-state index in [0.29, 0.717) is 0 Å². The molecule has 0 aliphatic heterocycles. The molecular formula is C11H8F2N2. The van der Waals surface area contributed by atoms with Crippen molar-refractivity contribution in [2.24, 2.45) is 0 Å². The first kappa shape index (κ1) is 11.2. The summed E-state index contributed by atoms with van der Waals surface area (Å²) in [6.07, 6.45) is 4.99. The summed E-state index contributed by atoms with van der Waals surface area (Å²) in [6.45, 7) is 0.119. The Kier molecular flexibility index (Phi) is 3.79. The molecule has 0 aliphatic rings. The maximum atomic E-state index is 13.2. The maximum absolute atomic E-state index is 13.2. The van der Waals surface area contributed by atoms with Crippen molar-refractivity contribution < 1.29 is 8.78 Å². The van der Waals surface area contributed by atoms with Gasteiger partial charge in [-0.2, -0.15) is 5.26 Å². The van der Waals surface area contributed by atoms with Gasteiger partial charge in [0.15, 0.2) is 11.6 Å². The molecule has 15 heavy (non-hydrogen) atoms. The van der Waals surface area contributed by atoms with Gasteiger partial charge in [0.05, 0.1) is 12.6 Å². The van der Waals surface area contributed by atoms with Crippen LogP contribution in [0.25, 0.3) is 0 Å². The van der Waals surface area contributed by atoms with E-state index in [0.717, 1.165) is 6.07 Å². The Balaban J connectivity index is 2.99. The fourth-order valence-corrected chi connectivity index (χ4v) is 1.13. The Morgan fingerprint density at radius 2 is 2.20 bits per heavy atom. The molecular weight excluding hydrogens is 198 g/mol. The second-order valence-corrected chi connectivity index (χ2v) is 2.79. The molecule has 0 aromatic heterocycles. The molecule has 1 aromatic carbocycles. The lowest BCUT2D eigenvalue weighted by Gasteiger charge is -2.10. The molecule has 0 aliphatic carbocycles. The highest BCUT2D eigenvalue weighted by Gasteiger charge is 2.16. The van der Waals surface area contributed by atoms with Crippen LogP contribution >= 0.6 is 0 Å². The normalized spacial score (nSPS) is 11.5. The molecule has 0 spiro atoms. The summed E-state index contributed by atoms with van der Waals surface area (Å²) in [5, 5.41) is 11.4. The predicted octanol–water partition coefficient (Wildman–Crippen LogP) is 1.75. The molecule has 1 N–H and O–H groups in total. The first-order valence-corrected chi connectivity index (χ1v) is 4.21. The summed E-state index contributed by atoms with van der Waals surface area (Å²) in [5.41, 5.74) is -0.0345. The van der Waals surface area contributed by atoms with Gasteiger partial charge in [0, 0.05) is 5.56 Å². The average molecular weight is 206 g/mol. The van der Waals surface area contributed by atoms with Crippen molar-refractivity contribution in [1.29, 1.82) is 5.26 Å². The number of hydrogen-bond acceptors (Lipinski definition) is 2. The van der Waals surface area contributed by atoms with Gasteiger partial charge in [0.1, 0.15) is 6.04 Å². The molecule has 0 saturated heterocycles. The molecule has 1 atom stereocenters. The van der Waals surface area contributed by atoms with Crippen LogP contribution in [0.5, 0.6) is 0 Å². The smallest absolute Gasteiger partial charge is 0.164 e. The van der Waals surface area contributed by atoms with Crippen LogP contribution < -0.4 is 5.32 Å². The van der Waals surface area contributed by atoms with E-state index in [1.54, 1.807) is 0 Å². The van der Waals surface area contributed by atoms with Crippen LogP contribution in [-0.4, -0.2) is 6.54 Å². The molecule has 1 rings (SSSR count). The zero-order valence-electron chi connectivity index (χ0n) is 7.80. The highest BCUT2D eigenvalue weighted by Crippen LogP contribution is 2.18. The molecule has 0 bridgehead atoms. The minimum atomic E-state index is -1.02. The first-order chi connectivity index (χ1) is 7.20. The van der Waals surface area contributed by atoms with Gasteiger partial charge in [-0.15, -0.1) is 6.42 Å². The van der Waals surface area contributed by atoms with Crippen molar-refractivity contribution in [3.8, 4) is 18.4 Å². The Morgan fingerprint density at radius 1 is 1.47 bits per heavy atom. The molecule has 0 heterocycles. The fraction of sp³-hybridized carbons (Fsp3) is 0.182. The summed E-state index contributed by atoms with van der Waals surface area (Å²) in [4.78, 5) is 0. The lowest BCUT2D eigenvalue weighted by atomic mass is 10.1. The van der Waals surface area contributed by atoms with E-state index >= 15 is 0 Å². The molecule has 2 nitrogen and oxygen atoms in total. The maximum Gasteiger partial charge on any atom is 0.164 e. The zero-order chi connectivity index (χ0) is 11.3. The van der Waals surface area contributed by atoms with Crippen LogP contribution in [0, 0.1) is 35.3 Å². The number of rotatable bonds is 3. The molecule has 4 heteroatoms. The van der Waals surface area contributed by atoms with Crippen LogP contribution in [0.3, 0.4) is 0 Å². The molecule has 0 amide bonds. The van der Waals surface area contributed by atoms with Crippen molar-refractivity contribution >= 4 is 0 Å². The number of terminal acetylenes is 1. The number of nitrogens with zero attached hydrogens (tertiary/aromatic N) is 1. The number of nitrogens with one attached hydrogen (secondary N) is 1. The van der Waals surface area contributed by atoms with Gasteiger partial charge in [-0.3, -0.25) is 5.32 Å². The van der Waals surface area contributed by atoms with E-state index in [-0.39, 0.29) is 12.1 Å². The Hall–Kier alpha value is -1.91. The molecule has 0 radical (unpaired) electrons. The van der Waals surface area contributed by atoms with Crippen molar-refractivity contribution in [1.82, 2.24) is 5.32 Å². The molecule has 0 saturated carbocycles. The zero-order valence-corrected chi connectivity index (χ0v) is 7.80. The summed E-state index contributed by atoms with van der Waals surface area (Å²) in [5.74, 6) is 0.261. The lowest BCUT2D eigenvalue weighted by molar-refractivity contribution is 0.488. The third-order valence-electron chi connectivity index (χ3n) is 1.83. The van der Waals surface area contributed by atoms with Crippen molar-refractivity contribution in [3.63, 3.8) is 0 Å². The van der Waals surface area contributed by atoms with Crippen molar-refractivity contribution in [2.45, 2.75) is 6.04 Å². The van der Waals surface area contributed by atoms with E-state index in [4.69, 9.17) is 11.7 Å². The van der Waals surface area contributed by atoms with Crippen LogP contribution in [-0.2, 0) is 0 Å². The number of halogens is 2. The highest BCUT2D eigenvalue weighted by molar-refractivity contribution is 5.27.